The maximum Gasteiger partial charge on any atom is 0.322 e. The number of nitrogens with one attached hydrogen (secondary N) is 5. The van der Waals surface area contributed by atoms with E-state index in [1.165, 1.54) is 0 Å². The molecule has 2 heterocycles. The highest BCUT2D eigenvalue weighted by atomic mass is 16.2. The number of benzene rings is 1. The second kappa shape index (κ2) is 6.66. The molecule has 23 heavy (non-hydrogen) atoms. The molecule has 1 unspecified atom stereocenters. The standard InChI is InChI=1S/C15H19N5O3/c21-13-12(19-15(23)20-13)7-9-1-3-10(4-2-9)17-14(22)18-11-5-6-16-8-11/h1-4,11-12,16H,5-8H2,(H2,17,18,22)(H2,19,20,21,23)/t11-,12?/m0/s1. The van der Waals surface area contributed by atoms with Crippen molar-refractivity contribution in [2.24, 2.45) is 0 Å². The summed E-state index contributed by atoms with van der Waals surface area (Å²) >= 11 is 0. The molecule has 3 rings (SSSR count). The maximum absolute atomic E-state index is 11.9. The van der Waals surface area contributed by atoms with E-state index in [4.69, 9.17) is 0 Å². The van der Waals surface area contributed by atoms with Crippen molar-refractivity contribution in [2.75, 3.05) is 18.4 Å². The Balaban J connectivity index is 1.51. The van der Waals surface area contributed by atoms with Crippen molar-refractivity contribution in [1.82, 2.24) is 21.3 Å². The zero-order chi connectivity index (χ0) is 16.2. The van der Waals surface area contributed by atoms with Gasteiger partial charge in [-0.15, -0.1) is 0 Å². The highest BCUT2D eigenvalue weighted by Gasteiger charge is 2.29. The Bertz CT molecular complexity index is 610. The molecule has 2 fully saturated rings. The number of carbonyl (C=O) groups excluding carboxylic acids is 3. The van der Waals surface area contributed by atoms with Gasteiger partial charge in [-0.2, -0.15) is 0 Å². The zero-order valence-corrected chi connectivity index (χ0v) is 12.5. The van der Waals surface area contributed by atoms with E-state index in [1.807, 2.05) is 12.1 Å². The fourth-order valence-electron chi connectivity index (χ4n) is 2.69. The lowest BCUT2D eigenvalue weighted by Crippen LogP contribution is -2.39. The van der Waals surface area contributed by atoms with Crippen LogP contribution in [0.1, 0.15) is 12.0 Å². The summed E-state index contributed by atoms with van der Waals surface area (Å²) < 4.78 is 0. The van der Waals surface area contributed by atoms with E-state index in [2.05, 4.69) is 26.6 Å². The number of hydrogen-bond donors (Lipinski definition) is 5. The van der Waals surface area contributed by atoms with Gasteiger partial charge < -0.3 is 21.3 Å². The molecule has 122 valence electrons. The van der Waals surface area contributed by atoms with Crippen LogP contribution < -0.4 is 26.6 Å². The number of urea groups is 2. The summed E-state index contributed by atoms with van der Waals surface area (Å²) in [7, 11) is 0. The van der Waals surface area contributed by atoms with Crippen molar-refractivity contribution in [3.63, 3.8) is 0 Å². The van der Waals surface area contributed by atoms with Crippen molar-refractivity contribution in [3.05, 3.63) is 29.8 Å². The second-order valence-corrected chi connectivity index (χ2v) is 5.70. The monoisotopic (exact) mass is 317 g/mol. The molecule has 2 aliphatic rings. The van der Waals surface area contributed by atoms with Crippen LogP contribution in [0.15, 0.2) is 24.3 Å². The Morgan fingerprint density at radius 3 is 2.61 bits per heavy atom. The van der Waals surface area contributed by atoms with Crippen molar-refractivity contribution >= 4 is 23.7 Å². The molecular weight excluding hydrogens is 298 g/mol. The maximum atomic E-state index is 11.9. The molecule has 0 aliphatic carbocycles. The van der Waals surface area contributed by atoms with Gasteiger partial charge in [0.1, 0.15) is 6.04 Å². The Morgan fingerprint density at radius 2 is 2.00 bits per heavy atom. The summed E-state index contributed by atoms with van der Waals surface area (Å²) in [5.74, 6) is -0.318. The van der Waals surface area contributed by atoms with Crippen LogP contribution in [-0.2, 0) is 11.2 Å². The third kappa shape index (κ3) is 3.98. The summed E-state index contributed by atoms with van der Waals surface area (Å²) in [5.41, 5.74) is 1.58. The number of anilines is 1. The Labute approximate surface area is 133 Å². The minimum atomic E-state index is -0.542. The Morgan fingerprint density at radius 1 is 1.22 bits per heavy atom. The van der Waals surface area contributed by atoms with Gasteiger partial charge in [0.15, 0.2) is 0 Å². The van der Waals surface area contributed by atoms with E-state index in [1.54, 1.807) is 12.1 Å². The van der Waals surface area contributed by atoms with Gasteiger partial charge in [-0.25, -0.2) is 9.59 Å². The molecule has 8 nitrogen and oxygen atoms in total. The van der Waals surface area contributed by atoms with E-state index in [0.29, 0.717) is 12.1 Å². The van der Waals surface area contributed by atoms with Gasteiger partial charge in [-0.05, 0) is 30.7 Å². The second-order valence-electron chi connectivity index (χ2n) is 5.70. The topological polar surface area (TPSA) is 111 Å². The summed E-state index contributed by atoms with van der Waals surface area (Å²) in [6.45, 7) is 1.71. The van der Waals surface area contributed by atoms with E-state index in [9.17, 15) is 14.4 Å². The average Bonchev–Trinajstić information content (AvgIpc) is 3.11. The van der Waals surface area contributed by atoms with Crippen molar-refractivity contribution in [3.8, 4) is 0 Å². The van der Waals surface area contributed by atoms with E-state index in [-0.39, 0.29) is 18.0 Å². The predicted molar refractivity (Wildman–Crippen MR) is 84.0 cm³/mol. The molecule has 1 aromatic rings. The van der Waals surface area contributed by atoms with Crippen LogP contribution in [0.2, 0.25) is 0 Å². The highest BCUT2D eigenvalue weighted by Crippen LogP contribution is 2.12. The van der Waals surface area contributed by atoms with Gasteiger partial charge in [0.2, 0.25) is 0 Å². The van der Waals surface area contributed by atoms with Gasteiger partial charge in [0.05, 0.1) is 0 Å². The number of hydrogen-bond acceptors (Lipinski definition) is 4. The molecular formula is C15H19N5O3. The molecule has 5 N–H and O–H groups in total. The van der Waals surface area contributed by atoms with E-state index in [0.717, 1.165) is 25.1 Å². The molecule has 5 amide bonds. The first-order chi connectivity index (χ1) is 11.1. The molecule has 8 heteroatoms. The van der Waals surface area contributed by atoms with Gasteiger partial charge in [0.25, 0.3) is 5.91 Å². The zero-order valence-electron chi connectivity index (χ0n) is 12.5. The SMILES string of the molecule is O=C1NC(=O)C(Cc2ccc(NC(=O)N[C@H]3CCNC3)cc2)N1. The quantitative estimate of drug-likeness (QED) is 0.500. The van der Waals surface area contributed by atoms with Gasteiger partial charge >= 0.3 is 12.1 Å². The lowest BCUT2D eigenvalue weighted by atomic mass is 10.1. The molecule has 0 spiro atoms. The molecule has 0 radical (unpaired) electrons. The summed E-state index contributed by atoms with van der Waals surface area (Å²) in [6, 6.07) is 6.13. The Kier molecular flexibility index (Phi) is 4.42. The Hall–Kier alpha value is -2.61. The minimum Gasteiger partial charge on any atom is -0.334 e. The first-order valence-electron chi connectivity index (χ1n) is 7.59. The van der Waals surface area contributed by atoms with Gasteiger partial charge in [0, 0.05) is 24.7 Å². The smallest absolute Gasteiger partial charge is 0.322 e. The van der Waals surface area contributed by atoms with Crippen LogP contribution in [0.4, 0.5) is 15.3 Å². The molecule has 2 saturated heterocycles. The van der Waals surface area contributed by atoms with Crippen LogP contribution in [0.3, 0.4) is 0 Å². The average molecular weight is 317 g/mol. The molecule has 1 aromatic carbocycles. The van der Waals surface area contributed by atoms with E-state index < -0.39 is 12.1 Å². The molecule has 0 aromatic heterocycles. The minimum absolute atomic E-state index is 0.166. The third-order valence-electron chi connectivity index (χ3n) is 3.91. The van der Waals surface area contributed by atoms with Gasteiger partial charge in [-0.1, -0.05) is 12.1 Å². The largest absolute Gasteiger partial charge is 0.334 e. The predicted octanol–water partition coefficient (Wildman–Crippen LogP) is -0.0795. The summed E-state index contributed by atoms with van der Waals surface area (Å²) in [6.07, 6.45) is 1.35. The fraction of sp³-hybridized carbons (Fsp3) is 0.400. The van der Waals surface area contributed by atoms with Crippen molar-refractivity contribution in [2.45, 2.75) is 24.9 Å². The summed E-state index contributed by atoms with van der Waals surface area (Å²) in [4.78, 5) is 34.4. The fourth-order valence-corrected chi connectivity index (χ4v) is 2.69. The van der Waals surface area contributed by atoms with Crippen LogP contribution in [0, 0.1) is 0 Å². The van der Waals surface area contributed by atoms with Crippen LogP contribution in [-0.4, -0.2) is 43.1 Å². The van der Waals surface area contributed by atoms with Crippen LogP contribution in [0.5, 0.6) is 0 Å². The first-order valence-corrected chi connectivity index (χ1v) is 7.59. The number of carbonyl (C=O) groups is 3. The van der Waals surface area contributed by atoms with Crippen LogP contribution >= 0.6 is 0 Å². The highest BCUT2D eigenvalue weighted by molar-refractivity contribution is 6.04. The lowest BCUT2D eigenvalue weighted by Gasteiger charge is -2.13. The molecule has 2 atom stereocenters. The number of amides is 5. The van der Waals surface area contributed by atoms with Crippen molar-refractivity contribution in [1.29, 1.82) is 0 Å². The molecule has 2 aliphatic heterocycles. The first kappa shape index (κ1) is 15.3. The van der Waals surface area contributed by atoms with Crippen LogP contribution in [0.25, 0.3) is 0 Å². The molecule has 0 saturated carbocycles. The normalized spacial score (nSPS) is 23.3. The molecule has 0 bridgehead atoms. The van der Waals surface area contributed by atoms with Gasteiger partial charge in [-0.3, -0.25) is 10.1 Å². The van der Waals surface area contributed by atoms with E-state index >= 15 is 0 Å². The van der Waals surface area contributed by atoms with Crippen molar-refractivity contribution < 1.29 is 14.4 Å². The lowest BCUT2D eigenvalue weighted by molar-refractivity contribution is -0.120. The summed E-state index contributed by atoms with van der Waals surface area (Å²) in [5, 5.41) is 13.6. The third-order valence-corrected chi connectivity index (χ3v) is 3.91. The number of rotatable bonds is 4. The number of imide groups is 1.